The van der Waals surface area contributed by atoms with Gasteiger partial charge in [0.05, 0.1) is 18.7 Å². The summed E-state index contributed by atoms with van der Waals surface area (Å²) in [4.78, 5) is 18.5. The van der Waals surface area contributed by atoms with Crippen molar-refractivity contribution in [2.45, 2.75) is 51.6 Å². The molecule has 4 rings (SSSR count). The molecule has 36 heavy (non-hydrogen) atoms. The lowest BCUT2D eigenvalue weighted by Crippen LogP contribution is -2.42. The van der Waals surface area contributed by atoms with Gasteiger partial charge < -0.3 is 19.8 Å². The predicted octanol–water partition coefficient (Wildman–Crippen LogP) is 5.41. The number of fused-ring (bicyclic) bond motifs is 1. The van der Waals surface area contributed by atoms with Gasteiger partial charge in [-0.2, -0.15) is 0 Å². The molecule has 0 unspecified atom stereocenters. The zero-order valence-corrected chi connectivity index (χ0v) is 21.4. The second-order valence-corrected chi connectivity index (χ2v) is 10.1. The number of aliphatic hydroxyl groups is 1. The zero-order valence-electron chi connectivity index (χ0n) is 21.4. The third-order valence-corrected chi connectivity index (χ3v) is 7.75. The van der Waals surface area contributed by atoms with Gasteiger partial charge in [0.1, 0.15) is 5.75 Å². The van der Waals surface area contributed by atoms with Crippen LogP contribution in [0.25, 0.3) is 10.9 Å². The molecule has 0 saturated carbocycles. The Labute approximate surface area is 213 Å². The van der Waals surface area contributed by atoms with Crippen molar-refractivity contribution in [2.75, 3.05) is 26.7 Å². The van der Waals surface area contributed by atoms with Crippen molar-refractivity contribution in [1.82, 2.24) is 9.88 Å². The maximum Gasteiger partial charge on any atom is 0.303 e. The molecular weight excluding hydrogens is 452 g/mol. The Kier molecular flexibility index (Phi) is 8.94. The first-order valence-corrected chi connectivity index (χ1v) is 13.0. The average Bonchev–Trinajstić information content (AvgIpc) is 2.88. The van der Waals surface area contributed by atoms with Crippen molar-refractivity contribution < 1.29 is 19.7 Å². The van der Waals surface area contributed by atoms with Gasteiger partial charge in [0.25, 0.3) is 0 Å². The first-order valence-electron chi connectivity index (χ1n) is 13.0. The highest BCUT2D eigenvalue weighted by atomic mass is 16.5. The third kappa shape index (κ3) is 6.62. The number of hydrogen-bond acceptors (Lipinski definition) is 5. The number of carboxylic acids is 1. The number of rotatable bonds is 11. The van der Waals surface area contributed by atoms with Gasteiger partial charge in [0.15, 0.2) is 0 Å². The lowest BCUT2D eigenvalue weighted by Gasteiger charge is -2.38. The highest BCUT2D eigenvalue weighted by Crippen LogP contribution is 2.35. The molecule has 1 aliphatic rings. The van der Waals surface area contributed by atoms with E-state index in [1.165, 1.54) is 11.1 Å². The van der Waals surface area contributed by atoms with Crippen LogP contribution in [0, 0.1) is 18.8 Å². The van der Waals surface area contributed by atoms with Gasteiger partial charge in [-0.25, -0.2) is 0 Å². The van der Waals surface area contributed by atoms with Gasteiger partial charge in [-0.05, 0) is 105 Å². The van der Waals surface area contributed by atoms with Crippen molar-refractivity contribution in [2.24, 2.45) is 11.8 Å². The maximum atomic E-state index is 11.6. The number of aliphatic hydroxyl groups excluding tert-OH is 1. The second-order valence-electron chi connectivity index (χ2n) is 10.1. The summed E-state index contributed by atoms with van der Waals surface area (Å²) < 4.78 is 5.36. The first kappa shape index (κ1) is 26.1. The van der Waals surface area contributed by atoms with Gasteiger partial charge in [-0.3, -0.25) is 9.78 Å². The number of methoxy groups -OCH3 is 1. The van der Waals surface area contributed by atoms with Gasteiger partial charge >= 0.3 is 5.97 Å². The summed E-state index contributed by atoms with van der Waals surface area (Å²) >= 11 is 0. The molecule has 0 spiro atoms. The summed E-state index contributed by atoms with van der Waals surface area (Å²) in [5, 5.41) is 21.5. The van der Waals surface area contributed by atoms with Crippen molar-refractivity contribution in [1.29, 1.82) is 0 Å². The molecule has 2 heterocycles. The number of aromatic nitrogens is 1. The van der Waals surface area contributed by atoms with Crippen LogP contribution in [-0.2, 0) is 11.2 Å². The van der Waals surface area contributed by atoms with E-state index in [4.69, 9.17) is 4.74 Å². The number of likely N-dealkylation sites (tertiary alicyclic amines) is 1. The Morgan fingerprint density at radius 3 is 2.81 bits per heavy atom. The fraction of sp³-hybridized carbons (Fsp3) is 0.467. The molecule has 0 radical (unpaired) electrons. The number of pyridine rings is 1. The Hall–Kier alpha value is -2.96. The van der Waals surface area contributed by atoms with Crippen LogP contribution in [0.3, 0.4) is 0 Å². The minimum absolute atomic E-state index is 0.108. The van der Waals surface area contributed by atoms with E-state index >= 15 is 0 Å². The minimum atomic E-state index is -0.737. The molecule has 3 aromatic rings. The largest absolute Gasteiger partial charge is 0.497 e. The molecule has 0 bridgehead atoms. The zero-order chi connectivity index (χ0) is 25.5. The number of hydrogen-bond donors (Lipinski definition) is 2. The fourth-order valence-corrected chi connectivity index (χ4v) is 5.67. The number of piperidine rings is 1. The van der Waals surface area contributed by atoms with Crippen molar-refractivity contribution in [3.8, 4) is 5.75 Å². The van der Waals surface area contributed by atoms with E-state index in [9.17, 15) is 15.0 Å². The molecule has 1 fully saturated rings. The quantitative estimate of drug-likeness (QED) is 0.374. The van der Waals surface area contributed by atoms with Crippen molar-refractivity contribution >= 4 is 16.9 Å². The van der Waals surface area contributed by atoms with Crippen LogP contribution >= 0.6 is 0 Å². The molecule has 2 aromatic carbocycles. The van der Waals surface area contributed by atoms with Crippen molar-refractivity contribution in [3.05, 3.63) is 71.4 Å². The fourth-order valence-electron chi connectivity index (χ4n) is 5.67. The SMILES string of the molecule is COc1ccc2nccc([C@@H](O)CC[C@@H]3CCN(CCCc4ccccc4C)C[C@@H]3CC(=O)O)c2c1. The average molecular weight is 491 g/mol. The third-order valence-electron chi connectivity index (χ3n) is 7.75. The highest BCUT2D eigenvalue weighted by Gasteiger charge is 2.31. The van der Waals surface area contributed by atoms with E-state index in [1.807, 2.05) is 24.3 Å². The summed E-state index contributed by atoms with van der Waals surface area (Å²) in [7, 11) is 1.63. The number of carboxylic acid groups (broad SMARTS) is 1. The van der Waals surface area contributed by atoms with Crippen LogP contribution in [-0.4, -0.2) is 52.8 Å². The summed E-state index contributed by atoms with van der Waals surface area (Å²) in [5.74, 6) is 0.405. The second kappa shape index (κ2) is 12.3. The molecule has 6 nitrogen and oxygen atoms in total. The Balaban J connectivity index is 1.35. The molecule has 6 heteroatoms. The minimum Gasteiger partial charge on any atom is -0.497 e. The summed E-state index contributed by atoms with van der Waals surface area (Å²) in [6.45, 7) is 4.95. The molecular formula is C30H38N2O4. The van der Waals surface area contributed by atoms with Crippen LogP contribution in [0.5, 0.6) is 5.75 Å². The Morgan fingerprint density at radius 1 is 1.19 bits per heavy atom. The van der Waals surface area contributed by atoms with Gasteiger partial charge in [0, 0.05) is 24.5 Å². The van der Waals surface area contributed by atoms with Crippen LogP contribution in [0.2, 0.25) is 0 Å². The molecule has 0 aliphatic carbocycles. The number of aryl methyl sites for hydroxylation is 2. The maximum absolute atomic E-state index is 11.6. The van der Waals surface area contributed by atoms with E-state index in [0.717, 1.165) is 67.5 Å². The molecule has 192 valence electrons. The van der Waals surface area contributed by atoms with Crippen LogP contribution in [0.4, 0.5) is 0 Å². The van der Waals surface area contributed by atoms with Gasteiger partial charge in [-0.1, -0.05) is 24.3 Å². The predicted molar refractivity (Wildman–Crippen MR) is 142 cm³/mol. The standard InChI is InChI=1S/C30H38N2O4/c1-21-6-3-4-7-22(21)8-5-16-32-17-14-23(24(20-32)18-30(34)35)9-12-29(33)26-13-15-31-28-11-10-25(36-2)19-27(26)28/h3-4,6-7,10-11,13,15,19,23-24,29,33H,5,8-9,12,14,16-18,20H2,1-2H3,(H,34,35)/t23-,24+,29+/m1/s1. The smallest absolute Gasteiger partial charge is 0.303 e. The molecule has 3 atom stereocenters. The number of carbonyl (C=O) groups is 1. The molecule has 0 amide bonds. The van der Waals surface area contributed by atoms with Crippen LogP contribution < -0.4 is 4.74 Å². The lowest BCUT2D eigenvalue weighted by molar-refractivity contribution is -0.139. The van der Waals surface area contributed by atoms with E-state index in [1.54, 1.807) is 13.3 Å². The number of benzene rings is 2. The van der Waals surface area contributed by atoms with E-state index in [0.29, 0.717) is 12.3 Å². The van der Waals surface area contributed by atoms with E-state index < -0.39 is 12.1 Å². The number of aliphatic carboxylic acids is 1. The Morgan fingerprint density at radius 2 is 2.03 bits per heavy atom. The molecule has 1 aliphatic heterocycles. The summed E-state index contributed by atoms with van der Waals surface area (Å²) in [5.41, 5.74) is 4.40. The van der Waals surface area contributed by atoms with Crippen molar-refractivity contribution in [3.63, 3.8) is 0 Å². The van der Waals surface area contributed by atoms with Gasteiger partial charge in [0.2, 0.25) is 0 Å². The van der Waals surface area contributed by atoms with Crippen LogP contribution in [0.1, 0.15) is 54.9 Å². The normalized spacial score (nSPS) is 19.3. The number of ether oxygens (including phenoxy) is 1. The summed E-state index contributed by atoms with van der Waals surface area (Å²) in [6.07, 6.45) is 5.80. The van der Waals surface area contributed by atoms with E-state index in [-0.39, 0.29) is 12.3 Å². The lowest BCUT2D eigenvalue weighted by atomic mass is 9.79. The summed E-state index contributed by atoms with van der Waals surface area (Å²) in [6, 6.07) is 16.1. The topological polar surface area (TPSA) is 82.9 Å². The highest BCUT2D eigenvalue weighted by molar-refractivity contribution is 5.83. The molecule has 1 aromatic heterocycles. The van der Waals surface area contributed by atoms with Crippen LogP contribution in [0.15, 0.2) is 54.7 Å². The Bertz CT molecular complexity index is 1160. The van der Waals surface area contributed by atoms with Gasteiger partial charge in [-0.15, -0.1) is 0 Å². The van der Waals surface area contributed by atoms with E-state index in [2.05, 4.69) is 41.1 Å². The monoisotopic (exact) mass is 490 g/mol. The molecule has 2 N–H and O–H groups in total. The number of nitrogens with zero attached hydrogens (tertiary/aromatic N) is 2. The first-order chi connectivity index (χ1) is 17.4. The molecule has 1 saturated heterocycles.